The summed E-state index contributed by atoms with van der Waals surface area (Å²) in [5.74, 6) is 1.32. The summed E-state index contributed by atoms with van der Waals surface area (Å²) >= 11 is 0. The number of carbonyl (C=O) groups is 1. The van der Waals surface area contributed by atoms with E-state index in [1.165, 1.54) is 0 Å². The molecule has 5 nitrogen and oxygen atoms in total. The highest BCUT2D eigenvalue weighted by atomic mass is 16.6. The fourth-order valence-corrected chi connectivity index (χ4v) is 5.33. The molecule has 0 N–H and O–H groups in total. The lowest BCUT2D eigenvalue weighted by atomic mass is 9.72. The van der Waals surface area contributed by atoms with Crippen LogP contribution in [0.25, 0.3) is 0 Å². The fraction of sp³-hybridized carbons (Fsp3) is 0.219. The van der Waals surface area contributed by atoms with E-state index in [1.807, 2.05) is 83.8 Å². The van der Waals surface area contributed by atoms with E-state index in [0.717, 1.165) is 27.8 Å². The van der Waals surface area contributed by atoms with Crippen molar-refractivity contribution in [1.29, 1.82) is 0 Å². The molecule has 1 aliphatic heterocycles. The Kier molecular flexibility index (Phi) is 7.13. The number of nitrogens with zero attached hydrogens (tertiary/aromatic N) is 1. The van der Waals surface area contributed by atoms with Crippen LogP contribution in [0.1, 0.15) is 27.8 Å². The summed E-state index contributed by atoms with van der Waals surface area (Å²) in [5, 5.41) is 0. The lowest BCUT2D eigenvalue weighted by Crippen LogP contribution is -2.55. The maximum absolute atomic E-state index is 13.9. The second kappa shape index (κ2) is 10.8. The van der Waals surface area contributed by atoms with Crippen molar-refractivity contribution in [2.24, 2.45) is 0 Å². The number of fused-ring (bicyclic) bond motifs is 1. The van der Waals surface area contributed by atoms with Crippen LogP contribution >= 0.6 is 0 Å². The molecule has 0 saturated heterocycles. The van der Waals surface area contributed by atoms with E-state index in [9.17, 15) is 4.79 Å². The SMILES string of the molecule is COc1cc2c(cc1OC)C(Cc1ccccc1)(c1ccccc1)N(C(=O)OCc1ccccc1)CC2. The molecule has 0 radical (unpaired) electrons. The normalized spacial score (nSPS) is 16.5. The van der Waals surface area contributed by atoms with E-state index >= 15 is 0 Å². The van der Waals surface area contributed by atoms with Crippen molar-refractivity contribution in [2.75, 3.05) is 20.8 Å². The summed E-state index contributed by atoms with van der Waals surface area (Å²) in [7, 11) is 3.29. The third-order valence-electron chi connectivity index (χ3n) is 7.10. The van der Waals surface area contributed by atoms with Crippen LogP contribution in [0.5, 0.6) is 11.5 Å². The zero-order chi connectivity index (χ0) is 25.7. The predicted molar refractivity (Wildman–Crippen MR) is 144 cm³/mol. The van der Waals surface area contributed by atoms with E-state index in [2.05, 4.69) is 24.3 Å². The van der Waals surface area contributed by atoms with Crippen LogP contribution in [0.4, 0.5) is 4.79 Å². The van der Waals surface area contributed by atoms with Crippen molar-refractivity contribution in [1.82, 2.24) is 4.90 Å². The predicted octanol–water partition coefficient (Wildman–Crippen LogP) is 6.39. The minimum absolute atomic E-state index is 0.213. The van der Waals surface area contributed by atoms with Gasteiger partial charge < -0.3 is 14.2 Å². The Hall–Kier alpha value is -4.25. The second-order valence-electron chi connectivity index (χ2n) is 9.19. The first kappa shape index (κ1) is 24.4. The van der Waals surface area contributed by atoms with E-state index in [4.69, 9.17) is 14.2 Å². The Morgan fingerprint density at radius 3 is 1.97 bits per heavy atom. The maximum Gasteiger partial charge on any atom is 0.411 e. The molecule has 37 heavy (non-hydrogen) atoms. The monoisotopic (exact) mass is 493 g/mol. The molecule has 1 heterocycles. The number of hydrogen-bond acceptors (Lipinski definition) is 4. The molecule has 0 fully saturated rings. The Morgan fingerprint density at radius 1 is 0.784 bits per heavy atom. The fourth-order valence-electron chi connectivity index (χ4n) is 5.33. The van der Waals surface area contributed by atoms with Gasteiger partial charge in [0.15, 0.2) is 11.5 Å². The van der Waals surface area contributed by atoms with Gasteiger partial charge >= 0.3 is 6.09 Å². The molecule has 1 unspecified atom stereocenters. The maximum atomic E-state index is 13.9. The quantitative estimate of drug-likeness (QED) is 0.300. The Morgan fingerprint density at radius 2 is 1.35 bits per heavy atom. The first-order valence-electron chi connectivity index (χ1n) is 12.5. The molecule has 5 heteroatoms. The minimum atomic E-state index is -0.802. The van der Waals surface area contributed by atoms with Gasteiger partial charge in [-0.2, -0.15) is 0 Å². The molecule has 4 aromatic carbocycles. The van der Waals surface area contributed by atoms with E-state index in [0.29, 0.717) is 30.9 Å². The van der Waals surface area contributed by atoms with Crippen LogP contribution in [0.15, 0.2) is 103 Å². The highest BCUT2D eigenvalue weighted by molar-refractivity contribution is 5.72. The minimum Gasteiger partial charge on any atom is -0.493 e. The lowest BCUT2D eigenvalue weighted by Gasteiger charge is -2.48. The summed E-state index contributed by atoms with van der Waals surface area (Å²) in [5.41, 5.74) is 4.43. The Labute approximate surface area is 218 Å². The van der Waals surface area contributed by atoms with Gasteiger partial charge in [0.2, 0.25) is 0 Å². The zero-order valence-electron chi connectivity index (χ0n) is 21.2. The molecule has 5 rings (SSSR count). The average molecular weight is 494 g/mol. The lowest BCUT2D eigenvalue weighted by molar-refractivity contribution is 0.0521. The number of hydrogen-bond donors (Lipinski definition) is 0. The van der Waals surface area contributed by atoms with E-state index < -0.39 is 5.54 Å². The van der Waals surface area contributed by atoms with Crippen molar-refractivity contribution >= 4 is 6.09 Å². The van der Waals surface area contributed by atoms with Crippen molar-refractivity contribution in [2.45, 2.75) is 25.0 Å². The van der Waals surface area contributed by atoms with Crippen LogP contribution < -0.4 is 9.47 Å². The third kappa shape index (κ3) is 4.77. The molecule has 4 aromatic rings. The van der Waals surface area contributed by atoms with Crippen LogP contribution in [0.2, 0.25) is 0 Å². The average Bonchev–Trinajstić information content (AvgIpc) is 2.96. The van der Waals surface area contributed by atoms with Gasteiger partial charge in [-0.3, -0.25) is 4.90 Å². The van der Waals surface area contributed by atoms with E-state index in [-0.39, 0.29) is 12.7 Å². The highest BCUT2D eigenvalue weighted by Crippen LogP contribution is 2.47. The van der Waals surface area contributed by atoms with Gasteiger partial charge in [-0.25, -0.2) is 4.79 Å². The van der Waals surface area contributed by atoms with Crippen molar-refractivity contribution in [3.05, 3.63) is 131 Å². The van der Waals surface area contributed by atoms with Crippen molar-refractivity contribution < 1.29 is 19.0 Å². The molecule has 0 spiro atoms. The van der Waals surface area contributed by atoms with Gasteiger partial charge in [0, 0.05) is 13.0 Å². The number of ether oxygens (including phenoxy) is 3. The topological polar surface area (TPSA) is 48.0 Å². The molecule has 1 amide bonds. The summed E-state index contributed by atoms with van der Waals surface area (Å²) < 4.78 is 17.3. The molecule has 0 saturated carbocycles. The molecule has 0 aromatic heterocycles. The summed E-state index contributed by atoms with van der Waals surface area (Å²) in [6, 6.07) is 34.3. The van der Waals surface area contributed by atoms with Crippen LogP contribution in [0, 0.1) is 0 Å². The largest absolute Gasteiger partial charge is 0.493 e. The van der Waals surface area contributed by atoms with Crippen LogP contribution in [-0.4, -0.2) is 31.8 Å². The molecule has 1 aliphatic rings. The van der Waals surface area contributed by atoms with Gasteiger partial charge in [-0.15, -0.1) is 0 Å². The van der Waals surface area contributed by atoms with Crippen LogP contribution in [-0.2, 0) is 29.7 Å². The smallest absolute Gasteiger partial charge is 0.411 e. The third-order valence-corrected chi connectivity index (χ3v) is 7.10. The molecular weight excluding hydrogens is 462 g/mol. The number of amides is 1. The summed E-state index contributed by atoms with van der Waals surface area (Å²) in [6.45, 7) is 0.725. The van der Waals surface area contributed by atoms with Gasteiger partial charge in [0.05, 0.1) is 14.2 Å². The van der Waals surface area contributed by atoms with Crippen molar-refractivity contribution in [3.63, 3.8) is 0 Å². The molecule has 0 bridgehead atoms. The second-order valence-corrected chi connectivity index (χ2v) is 9.19. The number of rotatable bonds is 7. The number of carbonyl (C=O) groups excluding carboxylic acids is 1. The van der Waals surface area contributed by atoms with Gasteiger partial charge in [-0.05, 0) is 46.4 Å². The molecule has 1 atom stereocenters. The standard InChI is InChI=1S/C32H31NO4/c1-35-29-20-26-18-19-33(31(34)37-23-25-14-8-4-9-15-25)32(27-16-10-5-11-17-27,28(26)21-30(29)36-2)22-24-12-6-3-7-13-24/h3-17,20-21H,18-19,22-23H2,1-2H3. The number of methoxy groups -OCH3 is 2. The van der Waals surface area contributed by atoms with Gasteiger partial charge in [-0.1, -0.05) is 91.0 Å². The Balaban J connectivity index is 1.67. The zero-order valence-corrected chi connectivity index (χ0v) is 21.2. The van der Waals surface area contributed by atoms with Gasteiger partial charge in [0.1, 0.15) is 12.1 Å². The first-order valence-corrected chi connectivity index (χ1v) is 12.5. The summed E-state index contributed by atoms with van der Waals surface area (Å²) in [6.07, 6.45) is 0.921. The van der Waals surface area contributed by atoms with Crippen molar-refractivity contribution in [3.8, 4) is 11.5 Å². The van der Waals surface area contributed by atoms with E-state index in [1.54, 1.807) is 14.2 Å². The molecule has 188 valence electrons. The summed E-state index contributed by atoms with van der Waals surface area (Å²) in [4.78, 5) is 15.8. The number of benzene rings is 4. The highest BCUT2D eigenvalue weighted by Gasteiger charge is 2.48. The first-order chi connectivity index (χ1) is 18.2. The van der Waals surface area contributed by atoms with Crippen LogP contribution in [0.3, 0.4) is 0 Å². The van der Waals surface area contributed by atoms with Gasteiger partial charge in [0.25, 0.3) is 0 Å². The molecule has 0 aliphatic carbocycles. The Bertz CT molecular complexity index is 1340. The molecular formula is C32H31NO4.